The molecule has 5 nitrogen and oxygen atoms in total. The van der Waals surface area contributed by atoms with Crippen molar-refractivity contribution in [2.45, 2.75) is 40.2 Å². The maximum Gasteiger partial charge on any atom is 0.265 e. The van der Waals surface area contributed by atoms with Gasteiger partial charge in [-0.25, -0.2) is 0 Å². The molecule has 2 heterocycles. The zero-order valence-corrected chi connectivity index (χ0v) is 17.5. The lowest BCUT2D eigenvalue weighted by atomic mass is 9.86. The van der Waals surface area contributed by atoms with Crippen molar-refractivity contribution in [3.63, 3.8) is 0 Å². The van der Waals surface area contributed by atoms with Crippen molar-refractivity contribution in [3.05, 3.63) is 40.5 Å². The summed E-state index contributed by atoms with van der Waals surface area (Å²) in [4.78, 5) is 28.4. The predicted molar refractivity (Wildman–Crippen MR) is 113 cm³/mol. The second kappa shape index (κ2) is 6.60. The van der Waals surface area contributed by atoms with Crippen molar-refractivity contribution in [2.24, 2.45) is 0 Å². The molecule has 0 bridgehead atoms. The molecule has 1 N–H and O–H groups in total. The highest BCUT2D eigenvalue weighted by Crippen LogP contribution is 2.40. The summed E-state index contributed by atoms with van der Waals surface area (Å²) in [5.41, 5.74) is 5.41. The van der Waals surface area contributed by atoms with E-state index in [1.807, 2.05) is 6.92 Å². The summed E-state index contributed by atoms with van der Waals surface area (Å²) in [7, 11) is 1.56. The molecule has 1 aromatic rings. The molecule has 2 amide bonds. The summed E-state index contributed by atoms with van der Waals surface area (Å²) in [5, 5.41) is 2.69. The number of hydrogen-bond donors (Lipinski definition) is 1. The largest absolute Gasteiger partial charge is 0.363 e. The average Bonchev–Trinajstić information content (AvgIpc) is 2.57. The molecule has 0 radical (unpaired) electrons. The second-order valence-electron chi connectivity index (χ2n) is 7.63. The molecule has 0 unspecified atom stereocenters. The molecule has 1 fully saturated rings. The van der Waals surface area contributed by atoms with E-state index in [1.54, 1.807) is 13.1 Å². The van der Waals surface area contributed by atoms with E-state index in [0.717, 1.165) is 23.2 Å². The zero-order valence-electron chi connectivity index (χ0n) is 16.6. The highest BCUT2D eigenvalue weighted by Gasteiger charge is 2.32. The number of allylic oxidation sites excluding steroid dienone is 1. The first-order chi connectivity index (χ1) is 12.6. The smallest absolute Gasteiger partial charge is 0.265 e. The summed E-state index contributed by atoms with van der Waals surface area (Å²) in [6.45, 7) is 11.6. The minimum Gasteiger partial charge on any atom is -0.363 e. The Balaban J connectivity index is 2.13. The van der Waals surface area contributed by atoms with Gasteiger partial charge in [-0.05, 0) is 81.7 Å². The van der Waals surface area contributed by atoms with Gasteiger partial charge in [0, 0.05) is 24.8 Å². The maximum absolute atomic E-state index is 12.5. The molecular weight excluding hydrogens is 358 g/mol. The monoisotopic (exact) mass is 383 g/mol. The third-order valence-electron chi connectivity index (χ3n) is 5.29. The van der Waals surface area contributed by atoms with Crippen molar-refractivity contribution in [1.29, 1.82) is 0 Å². The molecule has 3 rings (SSSR count). The molecule has 142 valence electrons. The lowest BCUT2D eigenvalue weighted by molar-refractivity contribution is -0.128. The second-order valence-corrected chi connectivity index (χ2v) is 8.02. The van der Waals surface area contributed by atoms with E-state index in [-0.39, 0.29) is 22.1 Å². The van der Waals surface area contributed by atoms with Crippen LogP contribution in [-0.4, -0.2) is 41.0 Å². The first-order valence-corrected chi connectivity index (χ1v) is 9.44. The fourth-order valence-corrected chi connectivity index (χ4v) is 4.05. The maximum atomic E-state index is 12.5. The van der Waals surface area contributed by atoms with Gasteiger partial charge in [0.1, 0.15) is 5.57 Å². The molecule has 1 aromatic carbocycles. The molecule has 27 heavy (non-hydrogen) atoms. The quantitative estimate of drug-likeness (QED) is 0.484. The summed E-state index contributed by atoms with van der Waals surface area (Å²) in [5.74, 6) is -0.840. The van der Waals surface area contributed by atoms with Gasteiger partial charge in [0.25, 0.3) is 11.8 Å². The molecule has 0 spiro atoms. The molecular formula is C21H25N3O2S. The number of carbonyl (C=O) groups excluding carboxylic acids is 2. The number of nitrogens with zero attached hydrogens (tertiary/aromatic N) is 2. The van der Waals surface area contributed by atoms with Gasteiger partial charge in [-0.15, -0.1) is 0 Å². The van der Waals surface area contributed by atoms with E-state index in [1.165, 1.54) is 16.2 Å². The number of likely N-dealkylation sites (N-methyl/N-ethyl adjacent to an activating group) is 2. The number of amides is 2. The number of carbonyl (C=O) groups is 2. The molecule has 2 aliphatic rings. The molecule has 0 atom stereocenters. The summed E-state index contributed by atoms with van der Waals surface area (Å²) in [6, 6.07) is 4.21. The minimum absolute atomic E-state index is 0.0596. The van der Waals surface area contributed by atoms with Crippen molar-refractivity contribution < 1.29 is 9.59 Å². The van der Waals surface area contributed by atoms with Crippen LogP contribution in [0.4, 0.5) is 5.69 Å². The Bertz CT molecular complexity index is 928. The van der Waals surface area contributed by atoms with Gasteiger partial charge < -0.3 is 4.90 Å². The molecule has 0 aromatic heterocycles. The fraction of sp³-hybridized carbons (Fsp3) is 0.381. The molecule has 0 aliphatic carbocycles. The third kappa shape index (κ3) is 3.18. The van der Waals surface area contributed by atoms with Gasteiger partial charge in [-0.2, -0.15) is 0 Å². The van der Waals surface area contributed by atoms with Crippen LogP contribution in [0.15, 0.2) is 23.8 Å². The van der Waals surface area contributed by atoms with E-state index >= 15 is 0 Å². The first kappa shape index (κ1) is 19.3. The standard InChI is InChI=1S/C21H25N3O2S/c1-7-24-17-8-12(2)14(9-15(17)13(3)11-21(24,4)5)10-16-18(25)22-20(27)23(6)19(16)26/h8-11H,7H2,1-6H3,(H,22,25,27)/b16-10+. The number of fused-ring (bicyclic) bond motifs is 1. The highest BCUT2D eigenvalue weighted by atomic mass is 32.1. The van der Waals surface area contributed by atoms with Gasteiger partial charge in [-0.1, -0.05) is 6.08 Å². The SMILES string of the molecule is CCN1c2cc(C)c(/C=C3\C(=O)NC(=S)N(C)C3=O)cc2C(C)=CC1(C)C. The highest BCUT2D eigenvalue weighted by molar-refractivity contribution is 7.80. The molecule has 0 saturated carbocycles. The lowest BCUT2D eigenvalue weighted by Gasteiger charge is -2.43. The van der Waals surface area contributed by atoms with Crippen LogP contribution in [0.5, 0.6) is 0 Å². The van der Waals surface area contributed by atoms with Crippen LogP contribution in [0.2, 0.25) is 0 Å². The van der Waals surface area contributed by atoms with Gasteiger partial charge in [0.05, 0.1) is 5.54 Å². The average molecular weight is 384 g/mol. The molecule has 1 saturated heterocycles. The number of hydrogen-bond acceptors (Lipinski definition) is 4. The Labute approximate surface area is 165 Å². The number of anilines is 1. The Morgan fingerprint density at radius 3 is 2.52 bits per heavy atom. The van der Waals surface area contributed by atoms with Crippen LogP contribution < -0.4 is 10.2 Å². The van der Waals surface area contributed by atoms with Crippen molar-refractivity contribution in [2.75, 3.05) is 18.5 Å². The van der Waals surface area contributed by atoms with Gasteiger partial charge in [-0.3, -0.25) is 19.8 Å². The van der Waals surface area contributed by atoms with Crippen molar-refractivity contribution in [1.82, 2.24) is 10.2 Å². The van der Waals surface area contributed by atoms with E-state index in [9.17, 15) is 9.59 Å². The van der Waals surface area contributed by atoms with E-state index in [4.69, 9.17) is 12.2 Å². The summed E-state index contributed by atoms with van der Waals surface area (Å²) in [6.07, 6.45) is 3.92. The van der Waals surface area contributed by atoms with E-state index in [2.05, 4.69) is 56.1 Å². The van der Waals surface area contributed by atoms with Gasteiger partial charge in [0.2, 0.25) is 0 Å². The Morgan fingerprint density at radius 1 is 1.22 bits per heavy atom. The number of nitrogens with one attached hydrogen (secondary N) is 1. The predicted octanol–water partition coefficient (Wildman–Crippen LogP) is 3.27. The van der Waals surface area contributed by atoms with Gasteiger partial charge in [0.15, 0.2) is 5.11 Å². The van der Waals surface area contributed by atoms with Crippen molar-refractivity contribution in [3.8, 4) is 0 Å². The minimum atomic E-state index is -0.455. The van der Waals surface area contributed by atoms with Crippen LogP contribution in [-0.2, 0) is 9.59 Å². The van der Waals surface area contributed by atoms with E-state index < -0.39 is 5.91 Å². The molecule has 6 heteroatoms. The van der Waals surface area contributed by atoms with Crippen molar-refractivity contribution >= 4 is 46.5 Å². The first-order valence-electron chi connectivity index (χ1n) is 9.04. The Hall–Kier alpha value is -2.47. The topological polar surface area (TPSA) is 52.7 Å². The lowest BCUT2D eigenvalue weighted by Crippen LogP contribution is -2.52. The molecule has 2 aliphatic heterocycles. The fourth-order valence-electron chi connectivity index (χ4n) is 3.88. The Kier molecular flexibility index (Phi) is 4.72. The number of aryl methyl sites for hydroxylation is 1. The third-order valence-corrected chi connectivity index (χ3v) is 5.66. The summed E-state index contributed by atoms with van der Waals surface area (Å²) < 4.78 is 0. The number of benzene rings is 1. The summed E-state index contributed by atoms with van der Waals surface area (Å²) >= 11 is 5.00. The van der Waals surface area contributed by atoms with Crippen LogP contribution in [0.3, 0.4) is 0 Å². The number of thiocarbonyl (C=S) groups is 1. The van der Waals surface area contributed by atoms with Gasteiger partial charge >= 0.3 is 0 Å². The Morgan fingerprint density at radius 2 is 1.89 bits per heavy atom. The number of rotatable bonds is 2. The van der Waals surface area contributed by atoms with Crippen LogP contribution in [0.1, 0.15) is 44.4 Å². The van der Waals surface area contributed by atoms with Crippen LogP contribution in [0.25, 0.3) is 11.6 Å². The zero-order chi connectivity index (χ0) is 20.1. The van der Waals surface area contributed by atoms with E-state index in [0.29, 0.717) is 0 Å². The normalized spacial score (nSPS) is 20.6. The van der Waals surface area contributed by atoms with Crippen LogP contribution in [0, 0.1) is 6.92 Å². The van der Waals surface area contributed by atoms with Crippen LogP contribution >= 0.6 is 12.2 Å².